The second kappa shape index (κ2) is 6.80. The molecule has 1 aliphatic heterocycles. The molecular formula is C19H20N6O2S. The maximum atomic E-state index is 12.8. The molecule has 28 heavy (non-hydrogen) atoms. The van der Waals surface area contributed by atoms with Gasteiger partial charge in [0.2, 0.25) is 0 Å². The lowest BCUT2D eigenvalue weighted by atomic mass is 10.2. The van der Waals surface area contributed by atoms with Crippen LogP contribution >= 0.6 is 0 Å². The molecule has 9 heteroatoms. The normalized spacial score (nSPS) is 14.7. The van der Waals surface area contributed by atoms with Gasteiger partial charge in [0.1, 0.15) is 23.3 Å². The van der Waals surface area contributed by atoms with Crippen LogP contribution < -0.4 is 9.62 Å². The van der Waals surface area contributed by atoms with Gasteiger partial charge in [0.25, 0.3) is 10.0 Å². The largest absolute Gasteiger partial charge is 0.353 e. The predicted octanol–water partition coefficient (Wildman–Crippen LogP) is 2.56. The van der Waals surface area contributed by atoms with Gasteiger partial charge in [-0.25, -0.2) is 13.4 Å². The molecular weight excluding hydrogens is 376 g/mol. The standard InChI is InChI=1S/C19H20N6O2S/c1-3-13(2)24-10-9-16-17(23-28(26,27)15-7-5-4-6-8-15)22-18-14(11-20)12-21-25(18)19(16)24/h4-8,12-13H,3,9-10H2,1-2H3,(H,22,23). The number of sulfonamides is 1. The predicted molar refractivity (Wildman–Crippen MR) is 106 cm³/mol. The molecule has 0 radical (unpaired) electrons. The number of nitriles is 1. The molecule has 1 unspecified atom stereocenters. The third-order valence-electron chi connectivity index (χ3n) is 5.12. The summed E-state index contributed by atoms with van der Waals surface area (Å²) in [6, 6.07) is 10.5. The van der Waals surface area contributed by atoms with E-state index in [0.29, 0.717) is 17.6 Å². The van der Waals surface area contributed by atoms with Crippen molar-refractivity contribution in [3.8, 4) is 6.07 Å². The first-order chi connectivity index (χ1) is 13.5. The van der Waals surface area contributed by atoms with Gasteiger partial charge in [-0.3, -0.25) is 4.72 Å². The average molecular weight is 396 g/mol. The summed E-state index contributed by atoms with van der Waals surface area (Å²) in [4.78, 5) is 6.83. The van der Waals surface area contributed by atoms with Crippen molar-refractivity contribution >= 4 is 27.3 Å². The molecule has 1 N–H and O–H groups in total. The molecule has 0 aliphatic carbocycles. The van der Waals surface area contributed by atoms with Gasteiger partial charge < -0.3 is 4.90 Å². The van der Waals surface area contributed by atoms with Gasteiger partial charge in [0.05, 0.1) is 11.1 Å². The first-order valence-electron chi connectivity index (χ1n) is 9.11. The fourth-order valence-electron chi connectivity index (χ4n) is 3.47. The van der Waals surface area contributed by atoms with Gasteiger partial charge >= 0.3 is 0 Å². The van der Waals surface area contributed by atoms with E-state index >= 15 is 0 Å². The highest BCUT2D eigenvalue weighted by Gasteiger charge is 2.31. The summed E-state index contributed by atoms with van der Waals surface area (Å²) >= 11 is 0. The molecule has 0 spiro atoms. The van der Waals surface area contributed by atoms with E-state index in [4.69, 9.17) is 0 Å². The Morgan fingerprint density at radius 1 is 1.32 bits per heavy atom. The number of aromatic nitrogens is 3. The summed E-state index contributed by atoms with van der Waals surface area (Å²) in [7, 11) is -3.79. The van der Waals surface area contributed by atoms with Crippen LogP contribution in [0.2, 0.25) is 0 Å². The number of nitrogens with one attached hydrogen (secondary N) is 1. The zero-order chi connectivity index (χ0) is 19.9. The fourth-order valence-corrected chi connectivity index (χ4v) is 4.53. The molecule has 1 atom stereocenters. The van der Waals surface area contributed by atoms with Crippen LogP contribution in [-0.2, 0) is 16.4 Å². The number of rotatable bonds is 5. The zero-order valence-corrected chi connectivity index (χ0v) is 16.4. The topological polar surface area (TPSA) is 103 Å². The van der Waals surface area contributed by atoms with Crippen molar-refractivity contribution in [3.63, 3.8) is 0 Å². The Kier molecular flexibility index (Phi) is 4.43. The van der Waals surface area contributed by atoms with E-state index in [2.05, 4.69) is 39.6 Å². The fraction of sp³-hybridized carbons (Fsp3) is 0.316. The van der Waals surface area contributed by atoms with Crippen LogP contribution in [0.15, 0.2) is 41.4 Å². The summed E-state index contributed by atoms with van der Waals surface area (Å²) in [5, 5.41) is 13.7. The Labute approximate surface area is 163 Å². The van der Waals surface area contributed by atoms with Gasteiger partial charge in [-0.1, -0.05) is 25.1 Å². The summed E-state index contributed by atoms with van der Waals surface area (Å²) in [6.45, 7) is 4.96. The highest BCUT2D eigenvalue weighted by atomic mass is 32.2. The number of fused-ring (bicyclic) bond motifs is 3. The molecule has 3 aromatic rings. The number of benzene rings is 1. The molecule has 8 nitrogen and oxygen atoms in total. The zero-order valence-electron chi connectivity index (χ0n) is 15.6. The van der Waals surface area contributed by atoms with E-state index in [1.165, 1.54) is 18.3 Å². The van der Waals surface area contributed by atoms with Crippen LogP contribution in [0.5, 0.6) is 0 Å². The molecule has 0 saturated carbocycles. The molecule has 4 rings (SSSR count). The first kappa shape index (κ1) is 18.3. The molecule has 1 aliphatic rings. The highest BCUT2D eigenvalue weighted by molar-refractivity contribution is 7.92. The number of nitrogens with zero attached hydrogens (tertiary/aromatic N) is 5. The summed E-state index contributed by atoms with van der Waals surface area (Å²) in [5.41, 5.74) is 1.45. The minimum atomic E-state index is -3.79. The summed E-state index contributed by atoms with van der Waals surface area (Å²) in [5.74, 6) is 1.06. The monoisotopic (exact) mass is 396 g/mol. The minimum Gasteiger partial charge on any atom is -0.353 e. The van der Waals surface area contributed by atoms with E-state index in [1.807, 2.05) is 0 Å². The van der Waals surface area contributed by atoms with E-state index in [0.717, 1.165) is 24.3 Å². The van der Waals surface area contributed by atoms with Gasteiger partial charge in [-0.2, -0.15) is 14.9 Å². The third-order valence-corrected chi connectivity index (χ3v) is 6.48. The van der Waals surface area contributed by atoms with Gasteiger partial charge in [-0.15, -0.1) is 0 Å². The van der Waals surface area contributed by atoms with E-state index in [-0.39, 0.29) is 16.8 Å². The lowest BCUT2D eigenvalue weighted by Gasteiger charge is -2.26. The Morgan fingerprint density at radius 3 is 2.75 bits per heavy atom. The summed E-state index contributed by atoms with van der Waals surface area (Å²) in [6.07, 6.45) is 3.04. The van der Waals surface area contributed by atoms with Crippen molar-refractivity contribution in [3.05, 3.63) is 47.7 Å². The van der Waals surface area contributed by atoms with Crippen LogP contribution in [-0.4, -0.2) is 35.6 Å². The molecule has 1 aromatic carbocycles. The van der Waals surface area contributed by atoms with Crippen LogP contribution in [0.1, 0.15) is 31.4 Å². The lowest BCUT2D eigenvalue weighted by Crippen LogP contribution is -2.32. The Bertz CT molecular complexity index is 1180. The van der Waals surface area contributed by atoms with Crippen molar-refractivity contribution in [1.29, 1.82) is 5.26 Å². The second-order valence-electron chi connectivity index (χ2n) is 6.79. The van der Waals surface area contributed by atoms with E-state index in [1.54, 1.807) is 22.7 Å². The number of hydrogen-bond acceptors (Lipinski definition) is 6. The Balaban J connectivity index is 1.90. The van der Waals surface area contributed by atoms with Crippen molar-refractivity contribution in [2.24, 2.45) is 0 Å². The van der Waals surface area contributed by atoms with Gasteiger partial charge in [-0.05, 0) is 31.9 Å². The smallest absolute Gasteiger partial charge is 0.263 e. The highest BCUT2D eigenvalue weighted by Crippen LogP contribution is 2.36. The quantitative estimate of drug-likeness (QED) is 0.711. The van der Waals surface area contributed by atoms with Crippen molar-refractivity contribution < 1.29 is 8.42 Å². The van der Waals surface area contributed by atoms with Crippen LogP contribution in [0, 0.1) is 11.3 Å². The molecule has 0 amide bonds. The molecule has 0 fully saturated rings. The SMILES string of the molecule is CCC(C)N1CCc2c(NS(=O)(=O)c3ccccc3)nc3c(C#N)cnn3c21. The summed E-state index contributed by atoms with van der Waals surface area (Å²) < 4.78 is 30.0. The first-order valence-corrected chi connectivity index (χ1v) is 10.6. The maximum absolute atomic E-state index is 12.8. The molecule has 0 bridgehead atoms. The van der Waals surface area contributed by atoms with Crippen LogP contribution in [0.25, 0.3) is 5.65 Å². The molecule has 3 heterocycles. The number of anilines is 2. The second-order valence-corrected chi connectivity index (χ2v) is 8.47. The lowest BCUT2D eigenvalue weighted by molar-refractivity contribution is 0.601. The maximum Gasteiger partial charge on any atom is 0.263 e. The van der Waals surface area contributed by atoms with Crippen molar-refractivity contribution in [2.45, 2.75) is 37.6 Å². The Hall–Kier alpha value is -3.12. The average Bonchev–Trinajstić information content (AvgIpc) is 3.32. The minimum absolute atomic E-state index is 0.163. The van der Waals surface area contributed by atoms with Crippen molar-refractivity contribution in [2.75, 3.05) is 16.2 Å². The Morgan fingerprint density at radius 2 is 2.07 bits per heavy atom. The van der Waals surface area contributed by atoms with E-state index < -0.39 is 10.0 Å². The van der Waals surface area contributed by atoms with Crippen LogP contribution in [0.4, 0.5) is 11.6 Å². The van der Waals surface area contributed by atoms with Gasteiger partial charge in [0.15, 0.2) is 5.65 Å². The van der Waals surface area contributed by atoms with E-state index in [9.17, 15) is 13.7 Å². The van der Waals surface area contributed by atoms with Crippen molar-refractivity contribution in [1.82, 2.24) is 14.6 Å². The third kappa shape index (κ3) is 2.86. The molecule has 2 aromatic heterocycles. The molecule has 144 valence electrons. The van der Waals surface area contributed by atoms with Crippen LogP contribution in [0.3, 0.4) is 0 Å². The number of hydrogen-bond donors (Lipinski definition) is 1. The molecule has 0 saturated heterocycles. The van der Waals surface area contributed by atoms with Gasteiger partial charge in [0, 0.05) is 18.2 Å².